The van der Waals surface area contributed by atoms with Gasteiger partial charge in [0.1, 0.15) is 5.69 Å². The number of imidazole rings is 1. The molecule has 0 amide bonds. The molecule has 0 saturated heterocycles. The van der Waals surface area contributed by atoms with Crippen LogP contribution in [0.3, 0.4) is 0 Å². The first-order chi connectivity index (χ1) is 10.4. The van der Waals surface area contributed by atoms with Crippen LogP contribution in [0.4, 0.5) is 16.8 Å². The lowest BCUT2D eigenvalue weighted by Gasteiger charge is -2.09. The van der Waals surface area contributed by atoms with Gasteiger partial charge in [0.25, 0.3) is 0 Å². The molecule has 0 radical (unpaired) electrons. The summed E-state index contributed by atoms with van der Waals surface area (Å²) < 4.78 is 2.11. The minimum absolute atomic E-state index is 0.766. The number of nitrogens with zero attached hydrogens (tertiary/aromatic N) is 4. The molecule has 0 aliphatic carbocycles. The minimum Gasteiger partial charge on any atom is -0.332 e. The normalized spacial score (nSPS) is 13.1. The number of aromatic nitrogens is 3. The summed E-state index contributed by atoms with van der Waals surface area (Å²) in [5, 5.41) is 6.24. The Morgan fingerprint density at radius 3 is 3.00 bits per heavy atom. The molecule has 0 spiro atoms. The van der Waals surface area contributed by atoms with Gasteiger partial charge in [0.05, 0.1) is 11.9 Å². The summed E-state index contributed by atoms with van der Waals surface area (Å²) in [5.41, 5.74) is 3.01. The highest BCUT2D eigenvalue weighted by Crippen LogP contribution is 2.30. The fourth-order valence-electron chi connectivity index (χ4n) is 2.32. The average Bonchev–Trinajstić information content (AvgIpc) is 3.14. The first kappa shape index (κ1) is 12.3. The van der Waals surface area contributed by atoms with Gasteiger partial charge >= 0.3 is 0 Å². The van der Waals surface area contributed by atoms with E-state index in [1.165, 1.54) is 0 Å². The molecule has 0 saturated carbocycles. The average molecular weight is 295 g/mol. The molecule has 1 aliphatic heterocycles. The van der Waals surface area contributed by atoms with Crippen molar-refractivity contribution in [3.63, 3.8) is 0 Å². The molecule has 104 valence electrons. The van der Waals surface area contributed by atoms with Crippen LogP contribution in [0.1, 0.15) is 6.42 Å². The molecule has 1 aliphatic rings. The van der Waals surface area contributed by atoms with Gasteiger partial charge in [-0.15, -0.1) is 11.3 Å². The van der Waals surface area contributed by atoms with Crippen LogP contribution in [-0.4, -0.2) is 20.7 Å². The number of thiazole rings is 1. The molecule has 1 aromatic carbocycles. The largest absolute Gasteiger partial charge is 0.332 e. The van der Waals surface area contributed by atoms with Crippen LogP contribution >= 0.6 is 11.3 Å². The molecular weight excluding hydrogens is 282 g/mol. The Balaban J connectivity index is 1.63. The van der Waals surface area contributed by atoms with Gasteiger partial charge in [-0.05, 0) is 12.1 Å². The predicted molar refractivity (Wildman–Crippen MR) is 85.8 cm³/mol. The molecule has 0 atom stereocenters. The zero-order chi connectivity index (χ0) is 14.1. The van der Waals surface area contributed by atoms with Gasteiger partial charge < -0.3 is 9.88 Å². The van der Waals surface area contributed by atoms with Crippen LogP contribution in [0.15, 0.2) is 46.9 Å². The Morgan fingerprint density at radius 2 is 2.10 bits per heavy atom. The highest BCUT2D eigenvalue weighted by molar-refractivity contribution is 7.14. The molecule has 6 heteroatoms. The standard InChI is InChI=1S/C15H13N5S/c1-2-5-11(6-3-1)18-15-19-12(10-21-15)13-9-17-14-16-7-4-8-20(13)14/h1-3,5-7,9-10H,4,8H2,(H,18,19). The van der Waals surface area contributed by atoms with Crippen LogP contribution in [0.2, 0.25) is 0 Å². The molecule has 5 nitrogen and oxygen atoms in total. The van der Waals surface area contributed by atoms with Crippen molar-refractivity contribution in [2.45, 2.75) is 13.0 Å². The third-order valence-electron chi connectivity index (χ3n) is 3.31. The summed E-state index contributed by atoms with van der Waals surface area (Å²) in [6.45, 7) is 0.910. The number of fused-ring (bicyclic) bond motifs is 1. The lowest BCUT2D eigenvalue weighted by molar-refractivity contribution is 0.722. The monoisotopic (exact) mass is 295 g/mol. The van der Waals surface area contributed by atoms with E-state index in [-0.39, 0.29) is 0 Å². The van der Waals surface area contributed by atoms with Gasteiger partial charge in [-0.2, -0.15) is 0 Å². The quantitative estimate of drug-likeness (QED) is 0.798. The van der Waals surface area contributed by atoms with Crippen LogP contribution < -0.4 is 5.32 Å². The van der Waals surface area contributed by atoms with E-state index in [0.29, 0.717) is 0 Å². The number of anilines is 2. The van der Waals surface area contributed by atoms with Gasteiger partial charge in [-0.25, -0.2) is 15.0 Å². The lowest BCUT2D eigenvalue weighted by Crippen LogP contribution is -2.04. The molecule has 3 heterocycles. The van der Waals surface area contributed by atoms with E-state index >= 15 is 0 Å². The summed E-state index contributed by atoms with van der Waals surface area (Å²) in [6, 6.07) is 10.1. The molecule has 4 rings (SSSR count). The molecule has 0 bridgehead atoms. The van der Waals surface area contributed by atoms with Gasteiger partial charge in [-0.1, -0.05) is 18.2 Å². The fourth-order valence-corrected chi connectivity index (χ4v) is 3.05. The number of benzene rings is 1. The van der Waals surface area contributed by atoms with E-state index in [1.54, 1.807) is 11.3 Å². The van der Waals surface area contributed by atoms with E-state index in [9.17, 15) is 0 Å². The Kier molecular flexibility index (Phi) is 3.01. The minimum atomic E-state index is 0.766. The Hall–Kier alpha value is -2.47. The van der Waals surface area contributed by atoms with Gasteiger partial charge in [0.15, 0.2) is 5.13 Å². The number of aliphatic imine (C=N–C) groups is 1. The summed E-state index contributed by atoms with van der Waals surface area (Å²) in [6.07, 6.45) is 4.70. The maximum atomic E-state index is 4.65. The van der Waals surface area contributed by atoms with Crippen molar-refractivity contribution >= 4 is 34.3 Å². The van der Waals surface area contributed by atoms with Gasteiger partial charge in [0, 0.05) is 30.2 Å². The van der Waals surface area contributed by atoms with E-state index in [4.69, 9.17) is 0 Å². The van der Waals surface area contributed by atoms with E-state index in [1.807, 2.05) is 48.1 Å². The first-order valence-electron chi connectivity index (χ1n) is 6.76. The Bertz CT molecular complexity index is 788. The van der Waals surface area contributed by atoms with Crippen molar-refractivity contribution < 1.29 is 0 Å². The van der Waals surface area contributed by atoms with E-state index < -0.39 is 0 Å². The maximum absolute atomic E-state index is 4.65. The number of rotatable bonds is 3. The second-order valence-corrected chi connectivity index (χ2v) is 5.58. The van der Waals surface area contributed by atoms with Crippen LogP contribution in [0.5, 0.6) is 0 Å². The number of hydrogen-bond acceptors (Lipinski definition) is 5. The molecule has 0 fully saturated rings. The Labute approximate surface area is 126 Å². The second kappa shape index (κ2) is 5.14. The molecular formula is C15H13N5S. The molecule has 1 N–H and O–H groups in total. The molecule has 21 heavy (non-hydrogen) atoms. The molecule has 2 aromatic heterocycles. The van der Waals surface area contributed by atoms with Gasteiger partial charge in [-0.3, -0.25) is 0 Å². The second-order valence-electron chi connectivity index (χ2n) is 4.72. The Morgan fingerprint density at radius 1 is 1.19 bits per heavy atom. The topological polar surface area (TPSA) is 55.1 Å². The van der Waals surface area contributed by atoms with Crippen molar-refractivity contribution in [3.8, 4) is 11.4 Å². The van der Waals surface area contributed by atoms with Crippen LogP contribution in [-0.2, 0) is 6.54 Å². The third-order valence-corrected chi connectivity index (χ3v) is 4.07. The zero-order valence-electron chi connectivity index (χ0n) is 11.2. The zero-order valence-corrected chi connectivity index (χ0v) is 12.0. The molecule has 0 unspecified atom stereocenters. The summed E-state index contributed by atoms with van der Waals surface area (Å²) in [7, 11) is 0. The van der Waals surface area contributed by atoms with Crippen molar-refractivity contribution in [1.82, 2.24) is 14.5 Å². The van der Waals surface area contributed by atoms with Crippen LogP contribution in [0, 0.1) is 0 Å². The van der Waals surface area contributed by atoms with Gasteiger partial charge in [0.2, 0.25) is 5.95 Å². The number of hydrogen-bond donors (Lipinski definition) is 1. The third kappa shape index (κ3) is 2.34. The summed E-state index contributed by atoms with van der Waals surface area (Å²) in [5.74, 6) is 0.766. The predicted octanol–water partition coefficient (Wildman–Crippen LogP) is 3.86. The number of nitrogens with one attached hydrogen (secondary N) is 1. The highest BCUT2D eigenvalue weighted by Gasteiger charge is 2.15. The highest BCUT2D eigenvalue weighted by atomic mass is 32.1. The maximum Gasteiger partial charge on any atom is 0.229 e. The number of para-hydroxylation sites is 1. The smallest absolute Gasteiger partial charge is 0.229 e. The lowest BCUT2D eigenvalue weighted by atomic mass is 10.3. The van der Waals surface area contributed by atoms with Crippen molar-refractivity contribution in [2.75, 3.05) is 5.32 Å². The summed E-state index contributed by atoms with van der Waals surface area (Å²) >= 11 is 1.59. The summed E-state index contributed by atoms with van der Waals surface area (Å²) in [4.78, 5) is 13.3. The van der Waals surface area contributed by atoms with Crippen molar-refractivity contribution in [3.05, 3.63) is 41.9 Å². The van der Waals surface area contributed by atoms with E-state index in [0.717, 1.165) is 41.1 Å². The van der Waals surface area contributed by atoms with E-state index in [2.05, 4.69) is 24.8 Å². The van der Waals surface area contributed by atoms with Crippen LogP contribution in [0.25, 0.3) is 11.4 Å². The van der Waals surface area contributed by atoms with Crippen molar-refractivity contribution in [2.24, 2.45) is 4.99 Å². The SMILES string of the molecule is C1=Nc2ncc(-c3csc(Nc4ccccc4)n3)n2CC1. The van der Waals surface area contributed by atoms with Crippen molar-refractivity contribution in [1.29, 1.82) is 0 Å². The first-order valence-corrected chi connectivity index (χ1v) is 7.64. The fraction of sp³-hybridized carbons (Fsp3) is 0.133. The molecule has 3 aromatic rings.